The zero-order chi connectivity index (χ0) is 20.4. The van der Waals surface area contributed by atoms with Gasteiger partial charge in [0.15, 0.2) is 11.6 Å². The molecule has 28 heavy (non-hydrogen) atoms. The van der Waals surface area contributed by atoms with Gasteiger partial charge >= 0.3 is 0 Å². The summed E-state index contributed by atoms with van der Waals surface area (Å²) < 4.78 is 0. The molecule has 0 aromatic heterocycles. The lowest BCUT2D eigenvalue weighted by Gasteiger charge is -2.11. The first-order chi connectivity index (χ1) is 13.5. The van der Waals surface area contributed by atoms with Crippen LogP contribution in [0.15, 0.2) is 89.4 Å². The van der Waals surface area contributed by atoms with Crippen molar-refractivity contribution in [3.8, 4) is 0 Å². The predicted octanol–water partition coefficient (Wildman–Crippen LogP) is 4.31. The van der Waals surface area contributed by atoms with Crippen molar-refractivity contribution >= 4 is 17.3 Å². The molecular weight excluding hydrogens is 352 g/mol. The monoisotopic (exact) mass is 376 g/mol. The highest BCUT2D eigenvalue weighted by Gasteiger charge is 2.10. The average molecular weight is 376 g/mol. The number of aliphatic hydroxyl groups is 1. The fourth-order valence-corrected chi connectivity index (χ4v) is 2.36. The van der Waals surface area contributed by atoms with Crippen LogP contribution in [0.4, 0.5) is 0 Å². The summed E-state index contributed by atoms with van der Waals surface area (Å²) in [6, 6.07) is 19.1. The second-order valence-corrected chi connectivity index (χ2v) is 6.03. The van der Waals surface area contributed by atoms with Crippen LogP contribution in [0.2, 0.25) is 0 Å². The van der Waals surface area contributed by atoms with E-state index < -0.39 is 0 Å². The maximum absolute atomic E-state index is 11.9. The molecule has 0 spiro atoms. The number of rotatable bonds is 9. The Kier molecular flexibility index (Phi) is 7.91. The van der Waals surface area contributed by atoms with Crippen LogP contribution in [0, 0.1) is 0 Å². The molecule has 0 saturated heterocycles. The fraction of sp³-hybridized carbons (Fsp3) is 0.174. The van der Waals surface area contributed by atoms with Gasteiger partial charge in [-0.1, -0.05) is 74.5 Å². The Labute approximate surface area is 165 Å². The molecule has 2 N–H and O–H groups in total. The van der Waals surface area contributed by atoms with Crippen molar-refractivity contribution in [1.82, 2.24) is 5.43 Å². The van der Waals surface area contributed by atoms with E-state index in [2.05, 4.69) is 10.5 Å². The van der Waals surface area contributed by atoms with Gasteiger partial charge in [0.2, 0.25) is 0 Å². The second-order valence-electron chi connectivity index (χ2n) is 6.03. The lowest BCUT2D eigenvalue weighted by molar-refractivity contribution is -0.115. The third kappa shape index (κ3) is 6.06. The number of nitrogens with one attached hydrogen (secondary N) is 1. The van der Waals surface area contributed by atoms with Crippen LogP contribution in [-0.4, -0.2) is 22.4 Å². The summed E-state index contributed by atoms with van der Waals surface area (Å²) in [5.41, 5.74) is 5.24. The average Bonchev–Trinajstić information content (AvgIpc) is 2.74. The molecule has 0 saturated carbocycles. The first-order valence-corrected chi connectivity index (χ1v) is 9.18. The largest absolute Gasteiger partial charge is 0.506 e. The Hall–Kier alpha value is -3.47. The quantitative estimate of drug-likeness (QED) is 0.225. The Morgan fingerprint density at radius 2 is 1.32 bits per heavy atom. The van der Waals surface area contributed by atoms with E-state index in [-0.39, 0.29) is 35.9 Å². The van der Waals surface area contributed by atoms with E-state index in [0.717, 1.165) is 17.2 Å². The molecule has 0 unspecified atom stereocenters. The number of nitrogens with zero attached hydrogens (tertiary/aromatic N) is 1. The SMILES string of the molecule is CCC(=O)C=C(O)C(=CC(=O)CC)NN=C(c1ccccc1)c1ccccc1. The highest BCUT2D eigenvalue weighted by atomic mass is 16.3. The van der Waals surface area contributed by atoms with Crippen LogP contribution in [0.5, 0.6) is 0 Å². The van der Waals surface area contributed by atoms with Crippen LogP contribution in [0.25, 0.3) is 0 Å². The lowest BCUT2D eigenvalue weighted by atomic mass is 10.0. The van der Waals surface area contributed by atoms with Gasteiger partial charge in [0.05, 0.1) is 5.71 Å². The predicted molar refractivity (Wildman–Crippen MR) is 111 cm³/mol. The summed E-state index contributed by atoms with van der Waals surface area (Å²) in [6.45, 7) is 3.41. The zero-order valence-corrected chi connectivity index (χ0v) is 16.1. The molecule has 2 aromatic rings. The molecule has 0 atom stereocenters. The van der Waals surface area contributed by atoms with Crippen molar-refractivity contribution in [2.45, 2.75) is 26.7 Å². The van der Waals surface area contributed by atoms with E-state index in [0.29, 0.717) is 5.71 Å². The van der Waals surface area contributed by atoms with Crippen LogP contribution in [0.1, 0.15) is 37.8 Å². The Morgan fingerprint density at radius 3 is 1.79 bits per heavy atom. The summed E-state index contributed by atoms with van der Waals surface area (Å²) in [6.07, 6.45) is 2.88. The van der Waals surface area contributed by atoms with E-state index >= 15 is 0 Å². The molecule has 0 heterocycles. The summed E-state index contributed by atoms with van der Waals surface area (Å²) in [4.78, 5) is 23.5. The van der Waals surface area contributed by atoms with Gasteiger partial charge in [-0.05, 0) is 0 Å². The van der Waals surface area contributed by atoms with Crippen molar-refractivity contribution in [1.29, 1.82) is 0 Å². The van der Waals surface area contributed by atoms with E-state index in [1.807, 2.05) is 60.7 Å². The van der Waals surface area contributed by atoms with Gasteiger partial charge < -0.3 is 5.11 Å². The number of benzene rings is 2. The molecule has 0 aliphatic heterocycles. The van der Waals surface area contributed by atoms with Crippen LogP contribution < -0.4 is 5.43 Å². The lowest BCUT2D eigenvalue weighted by Crippen LogP contribution is -2.16. The molecule has 0 amide bonds. The number of ketones is 2. The van der Waals surface area contributed by atoms with Crippen LogP contribution in [-0.2, 0) is 9.59 Å². The zero-order valence-electron chi connectivity index (χ0n) is 16.1. The molecule has 0 aliphatic carbocycles. The van der Waals surface area contributed by atoms with Crippen molar-refractivity contribution in [2.75, 3.05) is 0 Å². The standard InChI is InChI=1S/C23H24N2O3/c1-3-19(26)15-21(22(28)16-20(27)4-2)24-25-23(17-11-7-5-8-12-17)18-13-9-6-10-14-18/h5-16,24,28H,3-4H2,1-2H3. The minimum absolute atomic E-state index is 0.0815. The third-order valence-corrected chi connectivity index (χ3v) is 3.96. The molecule has 0 radical (unpaired) electrons. The van der Waals surface area contributed by atoms with Gasteiger partial charge in [-0.3, -0.25) is 15.0 Å². The molecule has 2 rings (SSSR count). The van der Waals surface area contributed by atoms with Gasteiger partial charge in [0.25, 0.3) is 0 Å². The third-order valence-electron chi connectivity index (χ3n) is 3.96. The van der Waals surface area contributed by atoms with Gasteiger partial charge in [0.1, 0.15) is 11.5 Å². The van der Waals surface area contributed by atoms with Crippen LogP contribution >= 0.6 is 0 Å². The van der Waals surface area contributed by atoms with E-state index in [4.69, 9.17) is 0 Å². The van der Waals surface area contributed by atoms with Gasteiger partial charge in [0, 0.05) is 36.1 Å². The summed E-state index contributed by atoms with van der Waals surface area (Å²) in [7, 11) is 0. The summed E-state index contributed by atoms with van der Waals surface area (Å²) in [5, 5.41) is 14.7. The number of hydrazone groups is 1. The number of carbonyl (C=O) groups is 2. The van der Waals surface area contributed by atoms with E-state index in [9.17, 15) is 14.7 Å². The van der Waals surface area contributed by atoms with Crippen molar-refractivity contribution < 1.29 is 14.7 Å². The van der Waals surface area contributed by atoms with Gasteiger partial charge in [-0.2, -0.15) is 5.10 Å². The second kappa shape index (κ2) is 10.6. The molecule has 2 aromatic carbocycles. The summed E-state index contributed by atoms with van der Waals surface area (Å²) in [5.74, 6) is -0.759. The molecule has 0 fully saturated rings. The van der Waals surface area contributed by atoms with Gasteiger partial charge in [-0.15, -0.1) is 0 Å². The maximum Gasteiger partial charge on any atom is 0.159 e. The minimum atomic E-state index is -0.321. The number of hydrogen-bond donors (Lipinski definition) is 2. The Balaban J connectivity index is 2.45. The van der Waals surface area contributed by atoms with Crippen molar-refractivity contribution in [3.63, 3.8) is 0 Å². The first-order valence-electron chi connectivity index (χ1n) is 9.18. The molecule has 144 valence electrons. The molecular formula is C23H24N2O3. The van der Waals surface area contributed by atoms with Crippen molar-refractivity contribution in [3.05, 3.63) is 95.4 Å². The van der Waals surface area contributed by atoms with Gasteiger partial charge in [-0.25, -0.2) is 0 Å². The van der Waals surface area contributed by atoms with E-state index in [1.165, 1.54) is 6.08 Å². The molecule has 0 bridgehead atoms. The fourth-order valence-electron chi connectivity index (χ4n) is 2.36. The maximum atomic E-state index is 11.9. The highest BCUT2D eigenvalue weighted by Crippen LogP contribution is 2.12. The van der Waals surface area contributed by atoms with Crippen molar-refractivity contribution in [2.24, 2.45) is 5.10 Å². The molecule has 5 heteroatoms. The Bertz CT molecular complexity index is 856. The molecule has 5 nitrogen and oxygen atoms in total. The topological polar surface area (TPSA) is 78.8 Å². The normalized spacial score (nSPS) is 11.6. The minimum Gasteiger partial charge on any atom is -0.506 e. The number of carbonyl (C=O) groups excluding carboxylic acids is 2. The van der Waals surface area contributed by atoms with E-state index in [1.54, 1.807) is 13.8 Å². The smallest absolute Gasteiger partial charge is 0.159 e. The first kappa shape index (κ1) is 20.8. The number of aliphatic hydroxyl groups excluding tert-OH is 1. The number of allylic oxidation sites excluding steroid dienone is 2. The highest BCUT2D eigenvalue weighted by molar-refractivity contribution is 6.12. The number of hydrogen-bond acceptors (Lipinski definition) is 5. The summed E-state index contributed by atoms with van der Waals surface area (Å²) >= 11 is 0. The Morgan fingerprint density at radius 1 is 0.857 bits per heavy atom. The van der Waals surface area contributed by atoms with Crippen LogP contribution in [0.3, 0.4) is 0 Å². The molecule has 0 aliphatic rings.